The first-order valence-corrected chi connectivity index (χ1v) is 9.98. The van der Waals surface area contributed by atoms with Crippen LogP contribution >= 0.6 is 0 Å². The standard InChI is InChI=1S/C17H28N2O2S/c1-14(2)12-15-4-6-16(7-5-15)13-19-10-8-17(9-11-19)18-22(3,20)21/h4-7,14,17-18H,8-13H2,1-3H3. The molecule has 124 valence electrons. The fourth-order valence-electron chi connectivity index (χ4n) is 3.02. The molecule has 1 heterocycles. The molecule has 0 bridgehead atoms. The van der Waals surface area contributed by atoms with E-state index in [4.69, 9.17) is 0 Å². The minimum Gasteiger partial charge on any atom is -0.299 e. The van der Waals surface area contributed by atoms with E-state index in [0.717, 1.165) is 38.9 Å². The normalized spacial score (nSPS) is 18.0. The second-order valence-electron chi connectivity index (χ2n) is 6.85. The van der Waals surface area contributed by atoms with Gasteiger partial charge in [0.1, 0.15) is 0 Å². The Morgan fingerprint density at radius 1 is 1.14 bits per heavy atom. The lowest BCUT2D eigenvalue weighted by Gasteiger charge is -2.32. The van der Waals surface area contributed by atoms with Gasteiger partial charge in [0.15, 0.2) is 0 Å². The van der Waals surface area contributed by atoms with Gasteiger partial charge in [0, 0.05) is 25.7 Å². The number of hydrogen-bond donors (Lipinski definition) is 1. The van der Waals surface area contributed by atoms with Gasteiger partial charge in [0.2, 0.25) is 10.0 Å². The Kier molecular flexibility index (Phi) is 6.01. The molecule has 0 aliphatic carbocycles. The minimum atomic E-state index is -3.08. The lowest BCUT2D eigenvalue weighted by molar-refractivity contribution is 0.200. The van der Waals surface area contributed by atoms with Gasteiger partial charge in [-0.25, -0.2) is 13.1 Å². The van der Waals surface area contributed by atoms with E-state index in [1.54, 1.807) is 0 Å². The summed E-state index contributed by atoms with van der Waals surface area (Å²) in [7, 11) is -3.08. The van der Waals surface area contributed by atoms with Crippen LogP contribution in [0.3, 0.4) is 0 Å². The second kappa shape index (κ2) is 7.57. The van der Waals surface area contributed by atoms with Gasteiger partial charge >= 0.3 is 0 Å². The van der Waals surface area contributed by atoms with E-state index in [9.17, 15) is 8.42 Å². The molecule has 5 heteroatoms. The van der Waals surface area contributed by atoms with Crippen molar-refractivity contribution in [3.8, 4) is 0 Å². The third-order valence-corrected chi connectivity index (χ3v) is 4.80. The summed E-state index contributed by atoms with van der Waals surface area (Å²) in [6.45, 7) is 7.32. The Morgan fingerprint density at radius 3 is 2.18 bits per heavy atom. The average Bonchev–Trinajstić information content (AvgIpc) is 2.41. The molecular weight excluding hydrogens is 296 g/mol. The molecule has 1 N–H and O–H groups in total. The zero-order chi connectivity index (χ0) is 16.2. The fourth-order valence-corrected chi connectivity index (χ4v) is 3.86. The highest BCUT2D eigenvalue weighted by atomic mass is 32.2. The molecule has 22 heavy (non-hydrogen) atoms. The van der Waals surface area contributed by atoms with Crippen molar-refractivity contribution in [1.82, 2.24) is 9.62 Å². The molecule has 0 spiro atoms. The highest BCUT2D eigenvalue weighted by Crippen LogP contribution is 2.16. The number of sulfonamides is 1. The number of rotatable bonds is 6. The van der Waals surface area contributed by atoms with E-state index >= 15 is 0 Å². The average molecular weight is 324 g/mol. The topological polar surface area (TPSA) is 49.4 Å². The predicted molar refractivity (Wildman–Crippen MR) is 91.3 cm³/mol. The van der Waals surface area contributed by atoms with Gasteiger partial charge in [0.05, 0.1) is 6.26 Å². The third kappa shape index (κ3) is 6.07. The van der Waals surface area contributed by atoms with E-state index in [1.165, 1.54) is 17.4 Å². The van der Waals surface area contributed by atoms with E-state index in [0.29, 0.717) is 5.92 Å². The molecule has 4 nitrogen and oxygen atoms in total. The molecule has 1 aromatic carbocycles. The Hall–Kier alpha value is -0.910. The first kappa shape index (κ1) is 17.4. The van der Waals surface area contributed by atoms with Crippen LogP contribution in [0, 0.1) is 5.92 Å². The lowest BCUT2D eigenvalue weighted by Crippen LogP contribution is -2.43. The summed E-state index contributed by atoms with van der Waals surface area (Å²) in [4.78, 5) is 2.40. The van der Waals surface area contributed by atoms with Gasteiger partial charge in [-0.3, -0.25) is 4.90 Å². The molecule has 0 radical (unpaired) electrons. The van der Waals surface area contributed by atoms with Gasteiger partial charge in [0.25, 0.3) is 0 Å². The molecule has 1 aliphatic heterocycles. The maximum absolute atomic E-state index is 11.3. The maximum atomic E-state index is 11.3. The largest absolute Gasteiger partial charge is 0.299 e. The van der Waals surface area contributed by atoms with Crippen molar-refractivity contribution in [2.75, 3.05) is 19.3 Å². The summed E-state index contributed by atoms with van der Waals surface area (Å²) in [5.41, 5.74) is 2.73. The van der Waals surface area contributed by atoms with Crippen molar-refractivity contribution in [1.29, 1.82) is 0 Å². The van der Waals surface area contributed by atoms with Gasteiger partial charge in [-0.2, -0.15) is 0 Å². The molecule has 0 atom stereocenters. The highest BCUT2D eigenvalue weighted by Gasteiger charge is 2.21. The van der Waals surface area contributed by atoms with Crippen LogP contribution in [0.1, 0.15) is 37.8 Å². The molecule has 0 amide bonds. The Morgan fingerprint density at radius 2 is 1.68 bits per heavy atom. The van der Waals surface area contributed by atoms with Gasteiger partial charge in [-0.15, -0.1) is 0 Å². The van der Waals surface area contributed by atoms with Crippen LogP contribution in [0.15, 0.2) is 24.3 Å². The van der Waals surface area contributed by atoms with Crippen molar-refractivity contribution >= 4 is 10.0 Å². The fraction of sp³-hybridized carbons (Fsp3) is 0.647. The van der Waals surface area contributed by atoms with Crippen molar-refractivity contribution in [3.63, 3.8) is 0 Å². The van der Waals surface area contributed by atoms with Crippen LogP contribution in [-0.2, 0) is 23.0 Å². The van der Waals surface area contributed by atoms with Crippen molar-refractivity contribution < 1.29 is 8.42 Å². The first-order chi connectivity index (χ1) is 10.3. The molecule has 1 aliphatic rings. The zero-order valence-electron chi connectivity index (χ0n) is 13.9. The summed E-state index contributed by atoms with van der Waals surface area (Å²) < 4.78 is 25.2. The van der Waals surface area contributed by atoms with Crippen LogP contribution < -0.4 is 4.72 Å². The zero-order valence-corrected chi connectivity index (χ0v) is 14.7. The molecule has 1 saturated heterocycles. The van der Waals surface area contributed by atoms with Crippen molar-refractivity contribution in [2.45, 2.75) is 45.7 Å². The quantitative estimate of drug-likeness (QED) is 0.874. The summed E-state index contributed by atoms with van der Waals surface area (Å²) in [5, 5.41) is 0. The first-order valence-electron chi connectivity index (χ1n) is 8.09. The van der Waals surface area contributed by atoms with Crippen LogP contribution in [0.4, 0.5) is 0 Å². The molecular formula is C17H28N2O2S. The Balaban J connectivity index is 1.81. The van der Waals surface area contributed by atoms with Crippen LogP contribution in [0.5, 0.6) is 0 Å². The van der Waals surface area contributed by atoms with Crippen molar-refractivity contribution in [2.24, 2.45) is 5.92 Å². The molecule has 1 fully saturated rings. The number of piperidine rings is 1. The second-order valence-corrected chi connectivity index (χ2v) is 8.63. The van der Waals surface area contributed by atoms with Gasteiger partial charge in [-0.1, -0.05) is 38.1 Å². The molecule has 0 aromatic heterocycles. The number of hydrogen-bond acceptors (Lipinski definition) is 3. The maximum Gasteiger partial charge on any atom is 0.208 e. The van der Waals surface area contributed by atoms with E-state index in [2.05, 4.69) is 47.7 Å². The van der Waals surface area contributed by atoms with Crippen LogP contribution in [-0.4, -0.2) is 38.7 Å². The summed E-state index contributed by atoms with van der Waals surface area (Å²) in [6, 6.07) is 9.00. The van der Waals surface area contributed by atoms with Crippen molar-refractivity contribution in [3.05, 3.63) is 35.4 Å². The summed E-state index contributed by atoms with van der Waals surface area (Å²) in [5.74, 6) is 0.687. The Bertz CT molecular complexity index is 559. The number of benzene rings is 1. The van der Waals surface area contributed by atoms with E-state index < -0.39 is 10.0 Å². The van der Waals surface area contributed by atoms with Crippen LogP contribution in [0.2, 0.25) is 0 Å². The smallest absolute Gasteiger partial charge is 0.208 e. The molecule has 1 aromatic rings. The SMILES string of the molecule is CC(C)Cc1ccc(CN2CCC(NS(C)(=O)=O)CC2)cc1. The molecule has 0 unspecified atom stereocenters. The van der Waals surface area contributed by atoms with Crippen LogP contribution in [0.25, 0.3) is 0 Å². The van der Waals surface area contributed by atoms with E-state index in [1.807, 2.05) is 0 Å². The number of nitrogens with zero attached hydrogens (tertiary/aromatic N) is 1. The third-order valence-electron chi connectivity index (χ3n) is 4.04. The van der Waals surface area contributed by atoms with Gasteiger partial charge in [-0.05, 0) is 36.3 Å². The predicted octanol–water partition coefficient (Wildman–Crippen LogP) is 2.40. The monoisotopic (exact) mass is 324 g/mol. The summed E-state index contributed by atoms with van der Waals surface area (Å²) in [6.07, 6.45) is 4.14. The minimum absolute atomic E-state index is 0.0969. The van der Waals surface area contributed by atoms with Gasteiger partial charge < -0.3 is 0 Å². The lowest BCUT2D eigenvalue weighted by atomic mass is 10.0. The number of nitrogens with one attached hydrogen (secondary N) is 1. The van der Waals surface area contributed by atoms with E-state index in [-0.39, 0.29) is 6.04 Å². The number of likely N-dealkylation sites (tertiary alicyclic amines) is 1. The summed E-state index contributed by atoms with van der Waals surface area (Å²) >= 11 is 0. The molecule has 0 saturated carbocycles. The molecule has 2 rings (SSSR count). The highest BCUT2D eigenvalue weighted by molar-refractivity contribution is 7.88. The Labute approximate surface area is 135 Å².